The highest BCUT2D eigenvalue weighted by atomic mass is 35.5. The molecule has 6 nitrogen and oxygen atoms in total. The van der Waals surface area contributed by atoms with E-state index in [2.05, 4.69) is 22.4 Å². The Balaban J connectivity index is 0.00000289. The lowest BCUT2D eigenvalue weighted by Crippen LogP contribution is -2.38. The van der Waals surface area contributed by atoms with E-state index in [4.69, 9.17) is 11.6 Å². The molecule has 0 atom stereocenters. The van der Waals surface area contributed by atoms with Gasteiger partial charge in [-0.2, -0.15) is 0 Å². The van der Waals surface area contributed by atoms with Crippen LogP contribution in [0.25, 0.3) is 16.4 Å². The van der Waals surface area contributed by atoms with Gasteiger partial charge >= 0.3 is 0 Å². The number of pyridine rings is 1. The Labute approximate surface area is 216 Å². The Hall–Kier alpha value is -2.61. The molecule has 9 heteroatoms. The number of aromatic nitrogens is 2. The van der Waals surface area contributed by atoms with Crippen molar-refractivity contribution >= 4 is 56.2 Å². The van der Waals surface area contributed by atoms with Crippen LogP contribution in [0.3, 0.4) is 0 Å². The normalized spacial score (nSPS) is 14.9. The zero-order valence-corrected chi connectivity index (χ0v) is 21.7. The van der Waals surface area contributed by atoms with E-state index in [1.807, 2.05) is 18.3 Å². The van der Waals surface area contributed by atoms with Crippen molar-refractivity contribution in [3.8, 4) is 0 Å². The van der Waals surface area contributed by atoms with Gasteiger partial charge in [0.1, 0.15) is 5.65 Å². The van der Waals surface area contributed by atoms with Crippen molar-refractivity contribution in [3.63, 3.8) is 0 Å². The molecule has 5 rings (SSSR count). The number of imidazole rings is 1. The van der Waals surface area contributed by atoms with Gasteiger partial charge in [0.05, 0.1) is 10.6 Å². The van der Waals surface area contributed by atoms with Gasteiger partial charge in [0.15, 0.2) is 9.84 Å². The van der Waals surface area contributed by atoms with E-state index in [9.17, 15) is 13.2 Å². The molecule has 1 aliphatic heterocycles. The molecule has 0 saturated carbocycles. The predicted molar refractivity (Wildman–Crippen MR) is 141 cm³/mol. The molecule has 35 heavy (non-hydrogen) atoms. The summed E-state index contributed by atoms with van der Waals surface area (Å²) in [5, 5.41) is 2.29. The fourth-order valence-electron chi connectivity index (χ4n) is 4.83. The minimum Gasteiger partial charge on any atom is -0.343 e. The first kappa shape index (κ1) is 25.5. The molecule has 0 radical (unpaired) electrons. The molecule has 1 fully saturated rings. The number of amides is 1. The van der Waals surface area contributed by atoms with Crippen LogP contribution in [0.2, 0.25) is 5.02 Å². The van der Waals surface area contributed by atoms with Gasteiger partial charge in [0, 0.05) is 48.0 Å². The smallest absolute Gasteiger partial charge is 0.223 e. The largest absolute Gasteiger partial charge is 0.343 e. The van der Waals surface area contributed by atoms with Gasteiger partial charge < -0.3 is 9.30 Å². The van der Waals surface area contributed by atoms with Gasteiger partial charge in [-0.15, -0.1) is 12.4 Å². The maximum Gasteiger partial charge on any atom is 0.223 e. The average Bonchev–Trinajstić information content (AvgIpc) is 3.28. The number of aryl methyl sites for hydroxylation is 1. The number of rotatable bonds is 5. The predicted octanol–water partition coefficient (Wildman–Crippen LogP) is 5.44. The van der Waals surface area contributed by atoms with Gasteiger partial charge in [-0.1, -0.05) is 29.8 Å². The molecule has 4 aromatic rings. The van der Waals surface area contributed by atoms with Crippen molar-refractivity contribution in [1.29, 1.82) is 0 Å². The van der Waals surface area contributed by atoms with Crippen LogP contribution in [0.4, 0.5) is 0 Å². The molecule has 184 valence electrons. The number of sulfone groups is 1. The number of hydrogen-bond donors (Lipinski definition) is 0. The molecule has 0 N–H and O–H groups in total. The van der Waals surface area contributed by atoms with Crippen LogP contribution >= 0.6 is 24.0 Å². The molecular weight excluding hydrogens is 505 g/mol. The number of fused-ring (bicyclic) bond motifs is 2. The Morgan fingerprint density at radius 3 is 2.54 bits per heavy atom. The minimum atomic E-state index is -3.56. The van der Waals surface area contributed by atoms with Crippen LogP contribution in [0.15, 0.2) is 65.7 Å². The highest BCUT2D eigenvalue weighted by Crippen LogP contribution is 2.30. The Kier molecular flexibility index (Phi) is 7.40. The lowest BCUT2D eigenvalue weighted by molar-refractivity contribution is -0.131. The van der Waals surface area contributed by atoms with Crippen LogP contribution in [-0.2, 0) is 14.6 Å². The van der Waals surface area contributed by atoms with E-state index in [-0.39, 0.29) is 35.4 Å². The van der Waals surface area contributed by atoms with Crippen LogP contribution in [0.1, 0.15) is 36.6 Å². The fourth-order valence-corrected chi connectivity index (χ4v) is 6.27. The summed E-state index contributed by atoms with van der Waals surface area (Å²) in [6.45, 7) is 3.32. The Bertz CT molecular complexity index is 1490. The Morgan fingerprint density at radius 1 is 1.06 bits per heavy atom. The summed E-state index contributed by atoms with van der Waals surface area (Å²) in [4.78, 5) is 19.4. The molecule has 0 unspecified atom stereocenters. The van der Waals surface area contributed by atoms with Crippen molar-refractivity contribution < 1.29 is 13.2 Å². The molecule has 2 aromatic heterocycles. The van der Waals surface area contributed by atoms with E-state index >= 15 is 0 Å². The third-order valence-corrected chi connectivity index (χ3v) is 8.68. The van der Waals surface area contributed by atoms with Gasteiger partial charge in [0.25, 0.3) is 0 Å². The van der Waals surface area contributed by atoms with Gasteiger partial charge in [0.2, 0.25) is 5.91 Å². The third-order valence-electron chi connectivity index (χ3n) is 6.74. The summed E-state index contributed by atoms with van der Waals surface area (Å²) in [5.41, 5.74) is 3.27. The second-order valence-corrected chi connectivity index (χ2v) is 11.5. The molecular formula is C26H27Cl2N3O3S. The first-order valence-corrected chi connectivity index (χ1v) is 13.5. The highest BCUT2D eigenvalue weighted by Gasteiger charge is 2.27. The maximum absolute atomic E-state index is 12.9. The van der Waals surface area contributed by atoms with Crippen LogP contribution in [-0.4, -0.2) is 47.5 Å². The summed E-state index contributed by atoms with van der Waals surface area (Å²) < 4.78 is 28.0. The zero-order valence-electron chi connectivity index (χ0n) is 19.4. The molecule has 3 heterocycles. The van der Waals surface area contributed by atoms with Crippen molar-refractivity contribution in [3.05, 3.63) is 77.2 Å². The molecule has 1 saturated heterocycles. The van der Waals surface area contributed by atoms with E-state index in [0.717, 1.165) is 35.0 Å². The minimum absolute atomic E-state index is 0. The number of piperidine rings is 1. The molecule has 1 aliphatic rings. The van der Waals surface area contributed by atoms with Crippen molar-refractivity contribution in [2.75, 3.05) is 18.8 Å². The highest BCUT2D eigenvalue weighted by molar-refractivity contribution is 7.91. The number of benzene rings is 2. The molecule has 0 bridgehead atoms. The molecule has 0 spiro atoms. The molecule has 2 aromatic carbocycles. The fraction of sp³-hybridized carbons (Fsp3) is 0.308. The van der Waals surface area contributed by atoms with Gasteiger partial charge in [-0.3, -0.25) is 4.79 Å². The number of hydrogen-bond acceptors (Lipinski definition) is 4. The molecule has 0 aliphatic carbocycles. The molecule has 1 amide bonds. The third kappa shape index (κ3) is 5.17. The summed E-state index contributed by atoms with van der Waals surface area (Å²) in [5.74, 6) is 0.0241. The second kappa shape index (κ2) is 10.2. The number of halogens is 2. The van der Waals surface area contributed by atoms with E-state index in [1.54, 1.807) is 41.3 Å². The van der Waals surface area contributed by atoms with Crippen molar-refractivity contribution in [2.24, 2.45) is 0 Å². The monoisotopic (exact) mass is 531 g/mol. The van der Waals surface area contributed by atoms with Crippen LogP contribution in [0.5, 0.6) is 0 Å². The number of carbonyl (C=O) groups excluding carboxylic acids is 1. The standard InChI is InChI=1S/C26H26ClN3O3S.ClH/c1-18-3-2-4-25-28-17-24(30(18)25)19-9-12-29(13-10-19)26(31)11-14-34(32,33)23-8-6-20-15-22(27)7-5-21(20)16-23;/h2-8,15-17,19H,9-14H2,1H3;1H. The summed E-state index contributed by atoms with van der Waals surface area (Å²) in [6.07, 6.45) is 3.61. The van der Waals surface area contributed by atoms with Gasteiger partial charge in [-0.05, 0) is 66.9 Å². The second-order valence-electron chi connectivity index (χ2n) is 8.92. The number of carbonyl (C=O) groups is 1. The van der Waals surface area contributed by atoms with E-state index < -0.39 is 9.84 Å². The maximum atomic E-state index is 12.9. The van der Waals surface area contributed by atoms with Crippen LogP contribution < -0.4 is 0 Å². The number of likely N-dealkylation sites (tertiary alicyclic amines) is 1. The van der Waals surface area contributed by atoms with Crippen molar-refractivity contribution in [1.82, 2.24) is 14.3 Å². The lowest BCUT2D eigenvalue weighted by Gasteiger charge is -2.32. The summed E-state index contributed by atoms with van der Waals surface area (Å²) in [6, 6.07) is 16.4. The van der Waals surface area contributed by atoms with E-state index in [1.165, 1.54) is 5.69 Å². The summed E-state index contributed by atoms with van der Waals surface area (Å²) in [7, 11) is -3.56. The topological polar surface area (TPSA) is 71.8 Å². The average molecular weight is 532 g/mol. The SMILES string of the molecule is Cc1cccc2ncc(C3CCN(C(=O)CCS(=O)(=O)c4ccc5cc(Cl)ccc5c4)CC3)n12.Cl. The van der Waals surface area contributed by atoms with Gasteiger partial charge in [-0.25, -0.2) is 13.4 Å². The quantitative estimate of drug-likeness (QED) is 0.343. The zero-order chi connectivity index (χ0) is 23.9. The first-order valence-electron chi connectivity index (χ1n) is 11.4. The number of nitrogens with zero attached hydrogens (tertiary/aromatic N) is 3. The summed E-state index contributed by atoms with van der Waals surface area (Å²) >= 11 is 6.01. The van der Waals surface area contributed by atoms with Crippen molar-refractivity contribution in [2.45, 2.75) is 37.0 Å². The van der Waals surface area contributed by atoms with Crippen LogP contribution in [0, 0.1) is 6.92 Å². The Morgan fingerprint density at radius 2 is 1.77 bits per heavy atom. The van der Waals surface area contributed by atoms with E-state index in [0.29, 0.717) is 24.0 Å². The first-order chi connectivity index (χ1) is 16.3. The lowest BCUT2D eigenvalue weighted by atomic mass is 9.93.